The predicted octanol–water partition coefficient (Wildman–Crippen LogP) is 0.563. The zero-order valence-corrected chi connectivity index (χ0v) is 11.1. The summed E-state index contributed by atoms with van der Waals surface area (Å²) in [7, 11) is -3.75. The Morgan fingerprint density at radius 1 is 1.10 bits per heavy atom. The lowest BCUT2D eigenvalue weighted by Gasteiger charge is -2.08. The summed E-state index contributed by atoms with van der Waals surface area (Å²) in [5.41, 5.74) is 11.0. The van der Waals surface area contributed by atoms with Gasteiger partial charge in [-0.15, -0.1) is 0 Å². The van der Waals surface area contributed by atoms with Gasteiger partial charge in [0.05, 0.1) is 16.8 Å². The normalized spacial score (nSPS) is 11.0. The lowest BCUT2D eigenvalue weighted by Crippen LogP contribution is -2.14. The number of pyridine rings is 1. The van der Waals surface area contributed by atoms with Gasteiger partial charge in [0, 0.05) is 5.56 Å². The van der Waals surface area contributed by atoms with E-state index in [1.807, 2.05) is 0 Å². The average molecular weight is 292 g/mol. The Morgan fingerprint density at radius 2 is 1.75 bits per heavy atom. The molecule has 7 nitrogen and oxygen atoms in total. The summed E-state index contributed by atoms with van der Waals surface area (Å²) in [4.78, 5) is 14.7. The SMILES string of the molecule is NC(=O)c1ccc(S(=O)(=O)Nc2ccc(N)nc2)cc1. The number of nitrogens with two attached hydrogens (primary N) is 2. The molecular formula is C12H12N4O3S. The Hall–Kier alpha value is -2.61. The van der Waals surface area contributed by atoms with Crippen molar-refractivity contribution in [2.75, 3.05) is 10.5 Å². The molecule has 0 aliphatic heterocycles. The summed E-state index contributed by atoms with van der Waals surface area (Å²) in [5, 5.41) is 0. The third-order valence-electron chi connectivity index (χ3n) is 2.49. The van der Waals surface area contributed by atoms with E-state index >= 15 is 0 Å². The molecule has 0 spiro atoms. The van der Waals surface area contributed by atoms with E-state index in [-0.39, 0.29) is 16.1 Å². The predicted molar refractivity (Wildman–Crippen MR) is 74.4 cm³/mol. The van der Waals surface area contributed by atoms with Crippen LogP contribution in [0.5, 0.6) is 0 Å². The first-order chi connectivity index (χ1) is 9.38. The van der Waals surface area contributed by atoms with E-state index in [4.69, 9.17) is 11.5 Å². The number of nitrogen functional groups attached to an aromatic ring is 1. The summed E-state index contributed by atoms with van der Waals surface area (Å²) in [6.45, 7) is 0. The van der Waals surface area contributed by atoms with Gasteiger partial charge in [0.15, 0.2) is 0 Å². The van der Waals surface area contributed by atoms with Crippen molar-refractivity contribution in [1.29, 1.82) is 0 Å². The second-order valence-electron chi connectivity index (χ2n) is 3.97. The minimum absolute atomic E-state index is 0.0133. The second kappa shape index (κ2) is 5.17. The first-order valence-electron chi connectivity index (χ1n) is 5.53. The Labute approximate surface area is 115 Å². The van der Waals surface area contributed by atoms with Crippen molar-refractivity contribution in [2.24, 2.45) is 5.73 Å². The Kier molecular flexibility index (Phi) is 3.57. The molecular weight excluding hydrogens is 280 g/mol. The topological polar surface area (TPSA) is 128 Å². The Morgan fingerprint density at radius 3 is 2.25 bits per heavy atom. The van der Waals surface area contributed by atoms with Crippen molar-refractivity contribution in [1.82, 2.24) is 4.98 Å². The van der Waals surface area contributed by atoms with E-state index in [9.17, 15) is 13.2 Å². The molecule has 1 heterocycles. The first kappa shape index (κ1) is 13.8. The largest absolute Gasteiger partial charge is 0.384 e. The van der Waals surface area contributed by atoms with Crippen LogP contribution in [0, 0.1) is 0 Å². The van der Waals surface area contributed by atoms with Crippen molar-refractivity contribution < 1.29 is 13.2 Å². The van der Waals surface area contributed by atoms with Gasteiger partial charge in [0.2, 0.25) is 5.91 Å². The van der Waals surface area contributed by atoms with Crippen LogP contribution in [-0.2, 0) is 10.0 Å². The maximum atomic E-state index is 12.1. The molecule has 1 aromatic carbocycles. The van der Waals surface area contributed by atoms with Crippen LogP contribution < -0.4 is 16.2 Å². The highest BCUT2D eigenvalue weighted by Gasteiger charge is 2.14. The lowest BCUT2D eigenvalue weighted by atomic mass is 10.2. The number of sulfonamides is 1. The van der Waals surface area contributed by atoms with Gasteiger partial charge < -0.3 is 11.5 Å². The van der Waals surface area contributed by atoms with Crippen LogP contribution in [0.15, 0.2) is 47.5 Å². The van der Waals surface area contributed by atoms with E-state index in [2.05, 4.69) is 9.71 Å². The van der Waals surface area contributed by atoms with Gasteiger partial charge in [-0.25, -0.2) is 13.4 Å². The van der Waals surface area contributed by atoms with Crippen molar-refractivity contribution >= 4 is 27.4 Å². The number of hydrogen-bond acceptors (Lipinski definition) is 5. The smallest absolute Gasteiger partial charge is 0.261 e. The molecule has 0 saturated carbocycles. The van der Waals surface area contributed by atoms with E-state index in [0.717, 1.165) is 0 Å². The second-order valence-corrected chi connectivity index (χ2v) is 5.65. The average Bonchev–Trinajstić information content (AvgIpc) is 2.41. The number of carbonyl (C=O) groups excluding carboxylic acids is 1. The molecule has 2 aromatic rings. The molecule has 8 heteroatoms. The number of aromatic nitrogens is 1. The molecule has 0 aliphatic carbocycles. The van der Waals surface area contributed by atoms with Crippen LogP contribution in [0.2, 0.25) is 0 Å². The minimum Gasteiger partial charge on any atom is -0.384 e. The van der Waals surface area contributed by atoms with Gasteiger partial charge in [-0.05, 0) is 36.4 Å². The summed E-state index contributed by atoms with van der Waals surface area (Å²) in [5.74, 6) is -0.330. The molecule has 1 amide bonds. The fourth-order valence-electron chi connectivity index (χ4n) is 1.48. The Bertz CT molecular complexity index is 724. The highest BCUT2D eigenvalue weighted by Crippen LogP contribution is 2.16. The molecule has 1 aromatic heterocycles. The molecule has 104 valence electrons. The van der Waals surface area contributed by atoms with Gasteiger partial charge in [0.1, 0.15) is 5.82 Å². The number of benzene rings is 1. The van der Waals surface area contributed by atoms with E-state index in [1.165, 1.54) is 42.6 Å². The van der Waals surface area contributed by atoms with Crippen molar-refractivity contribution in [3.63, 3.8) is 0 Å². The zero-order chi connectivity index (χ0) is 14.8. The third-order valence-corrected chi connectivity index (χ3v) is 3.88. The fourth-order valence-corrected chi connectivity index (χ4v) is 2.52. The summed E-state index contributed by atoms with van der Waals surface area (Å²) in [6.07, 6.45) is 1.31. The number of primary amides is 1. The quantitative estimate of drug-likeness (QED) is 0.758. The molecule has 0 saturated heterocycles. The minimum atomic E-state index is -3.75. The van der Waals surface area contributed by atoms with Crippen molar-refractivity contribution in [3.8, 4) is 0 Å². The monoisotopic (exact) mass is 292 g/mol. The summed E-state index contributed by atoms with van der Waals surface area (Å²) in [6, 6.07) is 8.27. The maximum Gasteiger partial charge on any atom is 0.261 e. The van der Waals surface area contributed by atoms with Gasteiger partial charge in [-0.3, -0.25) is 9.52 Å². The van der Waals surface area contributed by atoms with Crippen LogP contribution in [0.25, 0.3) is 0 Å². The molecule has 5 N–H and O–H groups in total. The highest BCUT2D eigenvalue weighted by molar-refractivity contribution is 7.92. The molecule has 0 atom stereocenters. The molecule has 0 fully saturated rings. The number of nitrogens with one attached hydrogen (secondary N) is 1. The Balaban J connectivity index is 2.26. The molecule has 20 heavy (non-hydrogen) atoms. The molecule has 0 radical (unpaired) electrons. The number of amides is 1. The van der Waals surface area contributed by atoms with E-state index in [1.54, 1.807) is 0 Å². The molecule has 2 rings (SSSR count). The number of anilines is 2. The molecule has 0 aliphatic rings. The standard InChI is InChI=1S/C12H12N4O3S/c13-11-6-3-9(7-15-11)16-20(18,19)10-4-1-8(2-5-10)12(14)17/h1-7,16H,(H2,13,15)(H2,14,17). The number of hydrogen-bond donors (Lipinski definition) is 3. The van der Waals surface area contributed by atoms with E-state index < -0.39 is 15.9 Å². The van der Waals surface area contributed by atoms with Crippen molar-refractivity contribution in [2.45, 2.75) is 4.90 Å². The van der Waals surface area contributed by atoms with Crippen LogP contribution in [0.3, 0.4) is 0 Å². The zero-order valence-electron chi connectivity index (χ0n) is 10.3. The van der Waals surface area contributed by atoms with Gasteiger partial charge in [-0.1, -0.05) is 0 Å². The summed E-state index contributed by atoms with van der Waals surface area (Å²) < 4.78 is 26.5. The van der Waals surface area contributed by atoms with Gasteiger partial charge in [0.25, 0.3) is 10.0 Å². The lowest BCUT2D eigenvalue weighted by molar-refractivity contribution is 0.1000. The first-order valence-corrected chi connectivity index (χ1v) is 7.01. The van der Waals surface area contributed by atoms with Crippen LogP contribution in [0.4, 0.5) is 11.5 Å². The van der Waals surface area contributed by atoms with Gasteiger partial charge >= 0.3 is 0 Å². The van der Waals surface area contributed by atoms with E-state index in [0.29, 0.717) is 5.82 Å². The fraction of sp³-hybridized carbons (Fsp3) is 0. The molecule has 0 unspecified atom stereocenters. The van der Waals surface area contributed by atoms with Crippen LogP contribution >= 0.6 is 0 Å². The van der Waals surface area contributed by atoms with Gasteiger partial charge in [-0.2, -0.15) is 0 Å². The number of rotatable bonds is 4. The maximum absolute atomic E-state index is 12.1. The van der Waals surface area contributed by atoms with Crippen LogP contribution in [0.1, 0.15) is 10.4 Å². The summed E-state index contributed by atoms with van der Waals surface area (Å²) >= 11 is 0. The van der Waals surface area contributed by atoms with Crippen LogP contribution in [-0.4, -0.2) is 19.3 Å². The number of nitrogens with zero attached hydrogens (tertiary/aromatic N) is 1. The third kappa shape index (κ3) is 3.04. The van der Waals surface area contributed by atoms with Crippen molar-refractivity contribution in [3.05, 3.63) is 48.2 Å². The molecule has 0 bridgehead atoms. The number of carbonyl (C=O) groups is 1. The highest BCUT2D eigenvalue weighted by atomic mass is 32.2.